The lowest BCUT2D eigenvalue weighted by molar-refractivity contribution is 0.103. The van der Waals surface area contributed by atoms with Crippen LogP contribution >= 0.6 is 11.3 Å². The van der Waals surface area contributed by atoms with E-state index in [9.17, 15) is 9.59 Å². The van der Waals surface area contributed by atoms with Gasteiger partial charge in [0.25, 0.3) is 11.5 Å². The summed E-state index contributed by atoms with van der Waals surface area (Å²) in [5.74, 6) is 0.143. The maximum atomic E-state index is 12.7. The van der Waals surface area contributed by atoms with Crippen LogP contribution in [0.4, 0.5) is 5.69 Å². The molecule has 1 aromatic carbocycles. The van der Waals surface area contributed by atoms with Crippen LogP contribution in [0.15, 0.2) is 35.4 Å². The highest BCUT2D eigenvalue weighted by atomic mass is 32.1. The molecule has 130 valence electrons. The van der Waals surface area contributed by atoms with Gasteiger partial charge in [0.05, 0.1) is 16.6 Å². The van der Waals surface area contributed by atoms with Crippen LogP contribution in [-0.2, 0) is 6.54 Å². The Hall–Kier alpha value is -2.47. The van der Waals surface area contributed by atoms with Crippen LogP contribution in [0.1, 0.15) is 34.6 Å². The normalized spacial score (nSPS) is 11.2. The molecule has 0 bridgehead atoms. The van der Waals surface area contributed by atoms with Gasteiger partial charge in [-0.15, -0.1) is 11.3 Å². The average Bonchev–Trinajstić information content (AvgIpc) is 2.89. The molecule has 5 nitrogen and oxygen atoms in total. The number of aryl methyl sites for hydroxylation is 2. The number of nitrogens with one attached hydrogen (secondary N) is 1. The Morgan fingerprint density at radius 2 is 2.00 bits per heavy atom. The van der Waals surface area contributed by atoms with Crippen molar-refractivity contribution in [3.05, 3.63) is 57.0 Å². The molecule has 25 heavy (non-hydrogen) atoms. The van der Waals surface area contributed by atoms with Gasteiger partial charge in [0.1, 0.15) is 4.83 Å². The molecule has 6 heteroatoms. The van der Waals surface area contributed by atoms with Crippen LogP contribution in [0.25, 0.3) is 10.2 Å². The quantitative estimate of drug-likeness (QED) is 0.770. The highest BCUT2D eigenvalue weighted by molar-refractivity contribution is 7.20. The third kappa shape index (κ3) is 3.35. The fourth-order valence-corrected chi connectivity index (χ4v) is 3.83. The Labute approximate surface area is 150 Å². The van der Waals surface area contributed by atoms with Gasteiger partial charge in [0.15, 0.2) is 0 Å². The number of thiophene rings is 1. The number of para-hydroxylation sites is 1. The van der Waals surface area contributed by atoms with E-state index < -0.39 is 0 Å². The minimum atomic E-state index is -0.204. The lowest BCUT2D eigenvalue weighted by Gasteiger charge is -2.08. The van der Waals surface area contributed by atoms with Crippen LogP contribution in [0.2, 0.25) is 0 Å². The summed E-state index contributed by atoms with van der Waals surface area (Å²) in [6, 6.07) is 7.62. The highest BCUT2D eigenvalue weighted by Gasteiger charge is 2.20. The molecule has 0 aliphatic rings. The molecular weight excluding hydrogens is 334 g/mol. The first-order valence-electron chi connectivity index (χ1n) is 8.24. The number of hydrogen-bond donors (Lipinski definition) is 1. The highest BCUT2D eigenvalue weighted by Crippen LogP contribution is 2.28. The van der Waals surface area contributed by atoms with Crippen molar-refractivity contribution in [2.75, 3.05) is 5.32 Å². The second kappa shape index (κ2) is 6.80. The van der Waals surface area contributed by atoms with Crippen molar-refractivity contribution in [1.82, 2.24) is 9.55 Å². The molecule has 3 rings (SSSR count). The predicted octanol–water partition coefficient (Wildman–Crippen LogP) is 3.98. The standard InChI is InChI=1S/C19H21N3O2S/c1-11(2)9-22-10-20-18-15(19(22)24)13(4)16(25-18)17(23)21-14-8-6-5-7-12(14)3/h5-8,10-11H,9H2,1-4H3,(H,21,23). The van der Waals surface area contributed by atoms with Gasteiger partial charge in [-0.3, -0.25) is 14.2 Å². The van der Waals surface area contributed by atoms with Gasteiger partial charge in [0.2, 0.25) is 0 Å². The van der Waals surface area contributed by atoms with Crippen LogP contribution in [0.5, 0.6) is 0 Å². The average molecular weight is 355 g/mol. The molecule has 0 aliphatic carbocycles. The van der Waals surface area contributed by atoms with Gasteiger partial charge in [-0.05, 0) is 37.0 Å². The molecule has 0 fully saturated rings. The van der Waals surface area contributed by atoms with E-state index in [1.165, 1.54) is 11.3 Å². The van der Waals surface area contributed by atoms with Gasteiger partial charge in [-0.1, -0.05) is 32.0 Å². The number of benzene rings is 1. The molecule has 0 radical (unpaired) electrons. The number of carbonyl (C=O) groups is 1. The Morgan fingerprint density at radius 1 is 1.28 bits per heavy atom. The van der Waals surface area contributed by atoms with Gasteiger partial charge < -0.3 is 5.32 Å². The van der Waals surface area contributed by atoms with Crippen LogP contribution in [0.3, 0.4) is 0 Å². The number of amides is 1. The summed E-state index contributed by atoms with van der Waals surface area (Å²) >= 11 is 1.26. The van der Waals surface area contributed by atoms with E-state index in [2.05, 4.69) is 24.1 Å². The Morgan fingerprint density at radius 3 is 2.68 bits per heavy atom. The van der Waals surface area contributed by atoms with E-state index in [1.807, 2.05) is 38.1 Å². The molecule has 0 spiro atoms. The minimum Gasteiger partial charge on any atom is -0.321 e. The first-order valence-corrected chi connectivity index (χ1v) is 9.05. The van der Waals surface area contributed by atoms with E-state index in [4.69, 9.17) is 0 Å². The number of carbonyl (C=O) groups excluding carboxylic acids is 1. The number of aromatic nitrogens is 2. The summed E-state index contributed by atoms with van der Waals surface area (Å²) in [4.78, 5) is 31.0. The maximum Gasteiger partial charge on any atom is 0.266 e. The number of anilines is 1. The number of rotatable bonds is 4. The summed E-state index contributed by atoms with van der Waals surface area (Å²) in [6.07, 6.45) is 1.57. The van der Waals surface area contributed by atoms with Gasteiger partial charge in [-0.25, -0.2) is 4.98 Å². The van der Waals surface area contributed by atoms with Crippen molar-refractivity contribution < 1.29 is 4.79 Å². The fraction of sp³-hybridized carbons (Fsp3) is 0.316. The van der Waals surface area contributed by atoms with Gasteiger partial charge >= 0.3 is 0 Å². The molecule has 2 heterocycles. The second-order valence-corrected chi connectivity index (χ2v) is 7.60. The summed E-state index contributed by atoms with van der Waals surface area (Å²) in [7, 11) is 0. The lowest BCUT2D eigenvalue weighted by Crippen LogP contribution is -2.22. The first kappa shape index (κ1) is 17.4. The van der Waals surface area contributed by atoms with Crippen molar-refractivity contribution in [3.8, 4) is 0 Å². The van der Waals surface area contributed by atoms with Gasteiger partial charge in [-0.2, -0.15) is 0 Å². The molecule has 2 aromatic heterocycles. The third-order valence-electron chi connectivity index (χ3n) is 4.08. The maximum absolute atomic E-state index is 12.7. The van der Waals surface area contributed by atoms with E-state index in [-0.39, 0.29) is 11.5 Å². The van der Waals surface area contributed by atoms with Crippen LogP contribution in [-0.4, -0.2) is 15.5 Å². The fourth-order valence-electron chi connectivity index (χ4n) is 2.79. The number of fused-ring (bicyclic) bond motifs is 1. The number of nitrogens with zero attached hydrogens (tertiary/aromatic N) is 2. The molecule has 0 saturated heterocycles. The van der Waals surface area contributed by atoms with E-state index >= 15 is 0 Å². The van der Waals surface area contributed by atoms with Crippen molar-refractivity contribution in [2.24, 2.45) is 5.92 Å². The van der Waals surface area contributed by atoms with Crippen molar-refractivity contribution in [3.63, 3.8) is 0 Å². The zero-order valence-corrected chi connectivity index (χ0v) is 15.6. The minimum absolute atomic E-state index is 0.0811. The summed E-state index contributed by atoms with van der Waals surface area (Å²) in [6.45, 7) is 8.48. The summed E-state index contributed by atoms with van der Waals surface area (Å²) < 4.78 is 1.62. The molecule has 1 amide bonds. The topological polar surface area (TPSA) is 64.0 Å². The van der Waals surface area contributed by atoms with Crippen molar-refractivity contribution in [2.45, 2.75) is 34.2 Å². The number of hydrogen-bond acceptors (Lipinski definition) is 4. The molecule has 1 N–H and O–H groups in total. The first-order chi connectivity index (χ1) is 11.9. The van der Waals surface area contributed by atoms with Crippen LogP contribution < -0.4 is 10.9 Å². The zero-order chi connectivity index (χ0) is 18.1. The molecular formula is C19H21N3O2S. The molecule has 0 saturated carbocycles. The summed E-state index contributed by atoms with van der Waals surface area (Å²) in [5.41, 5.74) is 2.38. The SMILES string of the molecule is Cc1ccccc1NC(=O)c1sc2ncn(CC(C)C)c(=O)c2c1C. The van der Waals surface area contributed by atoms with Crippen LogP contribution in [0, 0.1) is 19.8 Å². The zero-order valence-electron chi connectivity index (χ0n) is 14.8. The third-order valence-corrected chi connectivity index (χ3v) is 5.28. The summed E-state index contributed by atoms with van der Waals surface area (Å²) in [5, 5.41) is 3.47. The van der Waals surface area contributed by atoms with E-state index in [0.717, 1.165) is 11.3 Å². The van der Waals surface area contributed by atoms with Crippen molar-refractivity contribution >= 4 is 33.1 Å². The molecule has 0 aliphatic heterocycles. The monoisotopic (exact) mass is 355 g/mol. The largest absolute Gasteiger partial charge is 0.321 e. The van der Waals surface area contributed by atoms with E-state index in [0.29, 0.717) is 33.1 Å². The predicted molar refractivity (Wildman–Crippen MR) is 103 cm³/mol. The van der Waals surface area contributed by atoms with E-state index in [1.54, 1.807) is 10.9 Å². The Bertz CT molecular complexity index is 1000. The van der Waals surface area contributed by atoms with Gasteiger partial charge in [0, 0.05) is 12.2 Å². The van der Waals surface area contributed by atoms with Crippen molar-refractivity contribution in [1.29, 1.82) is 0 Å². The molecule has 3 aromatic rings. The molecule has 0 unspecified atom stereocenters. The molecule has 0 atom stereocenters. The smallest absolute Gasteiger partial charge is 0.266 e. The Kier molecular flexibility index (Phi) is 4.72. The lowest BCUT2D eigenvalue weighted by atomic mass is 10.1. The Balaban J connectivity index is 2.01. The second-order valence-electron chi connectivity index (χ2n) is 6.60.